The Kier molecular flexibility index (Phi) is 7.28. The average molecular weight is 433 g/mol. The second-order valence-corrected chi connectivity index (χ2v) is 7.81. The van der Waals surface area contributed by atoms with E-state index in [4.69, 9.17) is 23.2 Å². The van der Waals surface area contributed by atoms with Gasteiger partial charge in [0.2, 0.25) is 5.91 Å². The van der Waals surface area contributed by atoms with Gasteiger partial charge in [-0.15, -0.1) is 11.8 Å². The van der Waals surface area contributed by atoms with Crippen molar-refractivity contribution in [3.05, 3.63) is 62.0 Å². The molecule has 0 radical (unpaired) electrons. The summed E-state index contributed by atoms with van der Waals surface area (Å²) in [6.07, 6.45) is 0.684. The molecule has 0 heterocycles. The molecule has 0 aliphatic carbocycles. The van der Waals surface area contributed by atoms with Crippen LogP contribution in [0.4, 0.5) is 0 Å². The van der Waals surface area contributed by atoms with Gasteiger partial charge in [-0.1, -0.05) is 45.2 Å². The highest BCUT2D eigenvalue weighted by Gasteiger charge is 2.06. The quantitative estimate of drug-likeness (QED) is 0.609. The molecule has 6 heteroatoms. The Morgan fingerprint density at radius 2 is 2.00 bits per heavy atom. The topological polar surface area (TPSA) is 29.1 Å². The fraction of sp³-hybridized carbons (Fsp3) is 0.235. The third kappa shape index (κ3) is 6.03. The van der Waals surface area contributed by atoms with Gasteiger partial charge >= 0.3 is 0 Å². The van der Waals surface area contributed by atoms with Crippen molar-refractivity contribution >= 4 is 56.8 Å². The van der Waals surface area contributed by atoms with Crippen molar-refractivity contribution in [1.82, 2.24) is 5.32 Å². The van der Waals surface area contributed by atoms with Gasteiger partial charge in [0.25, 0.3) is 0 Å². The minimum absolute atomic E-state index is 0.0161. The number of carbonyl (C=O) groups excluding carboxylic acids is 1. The van der Waals surface area contributed by atoms with Crippen LogP contribution in [0.25, 0.3) is 0 Å². The van der Waals surface area contributed by atoms with Crippen molar-refractivity contribution in [2.45, 2.75) is 18.2 Å². The summed E-state index contributed by atoms with van der Waals surface area (Å²) in [4.78, 5) is 13.0. The summed E-state index contributed by atoms with van der Waals surface area (Å²) in [5.41, 5.74) is 2.14. The largest absolute Gasteiger partial charge is 0.355 e. The van der Waals surface area contributed by atoms with Crippen LogP contribution in [0, 0.1) is 6.92 Å². The third-order valence-corrected chi connectivity index (χ3v) is 5.48. The Labute approximate surface area is 159 Å². The molecule has 2 rings (SSSR count). The third-order valence-electron chi connectivity index (χ3n) is 3.23. The zero-order valence-electron chi connectivity index (χ0n) is 12.5. The first kappa shape index (κ1) is 18.7. The van der Waals surface area contributed by atoms with Crippen molar-refractivity contribution in [3.63, 3.8) is 0 Å². The van der Waals surface area contributed by atoms with E-state index in [9.17, 15) is 4.79 Å². The Balaban J connectivity index is 1.77. The summed E-state index contributed by atoms with van der Waals surface area (Å²) in [5, 5.41) is 4.16. The van der Waals surface area contributed by atoms with Crippen molar-refractivity contribution in [2.75, 3.05) is 12.3 Å². The molecule has 0 aliphatic rings. The van der Waals surface area contributed by atoms with E-state index in [0.29, 0.717) is 28.8 Å². The average Bonchev–Trinajstić information content (AvgIpc) is 2.48. The van der Waals surface area contributed by atoms with Gasteiger partial charge in [0, 0.05) is 26.0 Å². The predicted molar refractivity (Wildman–Crippen MR) is 103 cm³/mol. The smallest absolute Gasteiger partial charge is 0.230 e. The van der Waals surface area contributed by atoms with Crippen LogP contribution in [0.5, 0.6) is 0 Å². The van der Waals surface area contributed by atoms with Crippen LogP contribution in [-0.2, 0) is 11.2 Å². The van der Waals surface area contributed by atoms with Crippen LogP contribution in [-0.4, -0.2) is 18.2 Å². The van der Waals surface area contributed by atoms with Gasteiger partial charge in [-0.2, -0.15) is 0 Å². The molecule has 0 atom stereocenters. The van der Waals surface area contributed by atoms with Crippen LogP contribution in [0.1, 0.15) is 11.1 Å². The van der Waals surface area contributed by atoms with Gasteiger partial charge in [-0.25, -0.2) is 0 Å². The SMILES string of the molecule is Cc1cc(Br)ccc1SCC(=O)NCCc1ccc(Cl)cc1Cl. The lowest BCUT2D eigenvalue weighted by Gasteiger charge is -2.08. The molecule has 2 aromatic rings. The highest BCUT2D eigenvalue weighted by Crippen LogP contribution is 2.25. The van der Waals surface area contributed by atoms with Gasteiger partial charge < -0.3 is 5.32 Å². The lowest BCUT2D eigenvalue weighted by Crippen LogP contribution is -2.27. The number of hydrogen-bond donors (Lipinski definition) is 1. The van der Waals surface area contributed by atoms with Crippen molar-refractivity contribution in [3.8, 4) is 0 Å². The molecular formula is C17H16BrCl2NOS. The maximum atomic E-state index is 11.9. The molecule has 0 bridgehead atoms. The monoisotopic (exact) mass is 431 g/mol. The maximum Gasteiger partial charge on any atom is 0.230 e. The first-order chi connectivity index (χ1) is 11.0. The number of amides is 1. The normalized spacial score (nSPS) is 10.6. The summed E-state index contributed by atoms with van der Waals surface area (Å²) in [7, 11) is 0. The van der Waals surface area contributed by atoms with E-state index in [0.717, 1.165) is 20.5 Å². The van der Waals surface area contributed by atoms with Crippen LogP contribution in [0.2, 0.25) is 10.0 Å². The van der Waals surface area contributed by atoms with Crippen LogP contribution in [0.15, 0.2) is 45.8 Å². The molecule has 0 aromatic heterocycles. The van der Waals surface area contributed by atoms with Crippen molar-refractivity contribution in [1.29, 1.82) is 0 Å². The highest BCUT2D eigenvalue weighted by molar-refractivity contribution is 9.10. The van der Waals surface area contributed by atoms with Crippen LogP contribution < -0.4 is 5.32 Å². The van der Waals surface area contributed by atoms with Crippen molar-refractivity contribution in [2.24, 2.45) is 0 Å². The fourth-order valence-corrected chi connectivity index (χ4v) is 3.85. The molecule has 0 fully saturated rings. The van der Waals surface area contributed by atoms with Gasteiger partial charge in [-0.3, -0.25) is 4.79 Å². The van der Waals surface area contributed by atoms with E-state index < -0.39 is 0 Å². The number of nitrogens with one attached hydrogen (secondary N) is 1. The van der Waals surface area contributed by atoms with E-state index in [1.807, 2.05) is 31.2 Å². The highest BCUT2D eigenvalue weighted by atomic mass is 79.9. The van der Waals surface area contributed by atoms with E-state index >= 15 is 0 Å². The number of halogens is 3. The van der Waals surface area contributed by atoms with E-state index in [2.05, 4.69) is 21.2 Å². The first-order valence-electron chi connectivity index (χ1n) is 7.05. The second-order valence-electron chi connectivity index (χ2n) is 5.03. The zero-order chi connectivity index (χ0) is 16.8. The molecule has 2 nitrogen and oxygen atoms in total. The number of hydrogen-bond acceptors (Lipinski definition) is 2. The molecule has 0 saturated carbocycles. The Hall–Kier alpha value is -0.680. The van der Waals surface area contributed by atoms with E-state index in [1.165, 1.54) is 11.8 Å². The summed E-state index contributed by atoms with van der Waals surface area (Å²) in [6, 6.07) is 11.4. The molecule has 0 saturated heterocycles. The summed E-state index contributed by atoms with van der Waals surface area (Å²) in [5.74, 6) is 0.416. The van der Waals surface area contributed by atoms with E-state index in [-0.39, 0.29) is 5.91 Å². The minimum Gasteiger partial charge on any atom is -0.355 e. The molecule has 2 aromatic carbocycles. The number of carbonyl (C=O) groups is 1. The number of rotatable bonds is 6. The lowest BCUT2D eigenvalue weighted by molar-refractivity contribution is -0.118. The van der Waals surface area contributed by atoms with Crippen LogP contribution >= 0.6 is 50.9 Å². The van der Waals surface area contributed by atoms with Gasteiger partial charge in [0.05, 0.1) is 5.75 Å². The molecule has 1 N–H and O–H groups in total. The lowest BCUT2D eigenvalue weighted by atomic mass is 10.1. The molecule has 1 amide bonds. The molecule has 0 spiro atoms. The fourth-order valence-electron chi connectivity index (χ4n) is 2.03. The van der Waals surface area contributed by atoms with Crippen LogP contribution in [0.3, 0.4) is 0 Å². The summed E-state index contributed by atoms with van der Waals surface area (Å²) in [6.45, 7) is 2.59. The van der Waals surface area contributed by atoms with Gasteiger partial charge in [0.15, 0.2) is 0 Å². The van der Waals surface area contributed by atoms with Gasteiger partial charge in [0.1, 0.15) is 0 Å². The molecular weight excluding hydrogens is 417 g/mol. The van der Waals surface area contributed by atoms with E-state index in [1.54, 1.807) is 12.1 Å². The summed E-state index contributed by atoms with van der Waals surface area (Å²) < 4.78 is 1.05. The first-order valence-corrected chi connectivity index (χ1v) is 9.59. The Bertz CT molecular complexity index is 709. The molecule has 0 aliphatic heterocycles. The second kappa shape index (κ2) is 8.97. The maximum absolute atomic E-state index is 11.9. The number of aryl methyl sites for hydroxylation is 1. The Morgan fingerprint density at radius 1 is 1.22 bits per heavy atom. The molecule has 23 heavy (non-hydrogen) atoms. The number of benzene rings is 2. The molecule has 0 unspecified atom stereocenters. The number of thioether (sulfide) groups is 1. The zero-order valence-corrected chi connectivity index (χ0v) is 16.5. The summed E-state index contributed by atoms with van der Waals surface area (Å²) >= 11 is 16.9. The minimum atomic E-state index is 0.0161. The Morgan fingerprint density at radius 3 is 2.70 bits per heavy atom. The predicted octanol–water partition coefficient (Wildman–Crippen LogP) is 5.52. The molecule has 122 valence electrons. The van der Waals surface area contributed by atoms with Crippen molar-refractivity contribution < 1.29 is 4.79 Å². The standard InChI is InChI=1S/C17H16BrCl2NOS/c1-11-8-13(18)3-5-16(11)23-10-17(22)21-7-6-12-2-4-14(19)9-15(12)20/h2-5,8-9H,6-7,10H2,1H3,(H,21,22). The van der Waals surface area contributed by atoms with Gasteiger partial charge in [-0.05, 0) is 54.8 Å².